The molecule has 2 atom stereocenters. The van der Waals surface area contributed by atoms with Gasteiger partial charge >= 0.3 is 0 Å². The number of anilines is 1. The van der Waals surface area contributed by atoms with Gasteiger partial charge in [-0.15, -0.1) is 11.3 Å². The first kappa shape index (κ1) is 17.6. The molecular formula is C21H27N3OS. The Morgan fingerprint density at radius 1 is 1.04 bits per heavy atom. The first-order valence-corrected chi connectivity index (χ1v) is 10.5. The highest BCUT2D eigenvalue weighted by atomic mass is 32.1. The molecule has 2 aromatic rings. The molecule has 0 radical (unpaired) electrons. The van der Waals surface area contributed by atoms with Crippen molar-refractivity contribution in [3.63, 3.8) is 0 Å². The monoisotopic (exact) mass is 369 g/mol. The zero-order chi connectivity index (χ0) is 17.9. The number of benzene rings is 1. The second-order valence-electron chi connectivity index (χ2n) is 7.24. The van der Waals surface area contributed by atoms with Crippen molar-refractivity contribution in [3.8, 4) is 0 Å². The van der Waals surface area contributed by atoms with Gasteiger partial charge in [0.05, 0.1) is 6.04 Å². The minimum Gasteiger partial charge on any atom is -0.368 e. The second kappa shape index (κ2) is 7.80. The molecule has 26 heavy (non-hydrogen) atoms. The van der Waals surface area contributed by atoms with Crippen LogP contribution in [0.4, 0.5) is 5.69 Å². The van der Waals surface area contributed by atoms with Crippen LogP contribution in [0.15, 0.2) is 47.8 Å². The highest BCUT2D eigenvalue weighted by Gasteiger charge is 2.35. The Kier molecular flexibility index (Phi) is 5.27. The largest absolute Gasteiger partial charge is 0.368 e. The first-order chi connectivity index (χ1) is 12.7. The van der Waals surface area contributed by atoms with Crippen molar-refractivity contribution in [2.45, 2.75) is 31.8 Å². The van der Waals surface area contributed by atoms with Gasteiger partial charge in [-0.3, -0.25) is 9.69 Å². The van der Waals surface area contributed by atoms with Crippen LogP contribution in [-0.2, 0) is 4.79 Å². The molecule has 138 valence electrons. The molecule has 0 bridgehead atoms. The number of carbonyl (C=O) groups excluding carboxylic acids is 1. The van der Waals surface area contributed by atoms with Gasteiger partial charge in [0.15, 0.2) is 0 Å². The minimum absolute atomic E-state index is 0.0344. The van der Waals surface area contributed by atoms with Crippen molar-refractivity contribution >= 4 is 22.9 Å². The summed E-state index contributed by atoms with van der Waals surface area (Å²) >= 11 is 1.81. The second-order valence-corrected chi connectivity index (χ2v) is 8.21. The Morgan fingerprint density at radius 2 is 1.81 bits per heavy atom. The van der Waals surface area contributed by atoms with E-state index < -0.39 is 0 Å². The zero-order valence-electron chi connectivity index (χ0n) is 15.4. The smallest absolute Gasteiger partial charge is 0.239 e. The number of hydrogen-bond donors (Lipinski definition) is 0. The van der Waals surface area contributed by atoms with Crippen LogP contribution in [0.1, 0.15) is 30.7 Å². The molecule has 1 aromatic carbocycles. The van der Waals surface area contributed by atoms with Crippen molar-refractivity contribution in [3.05, 3.63) is 52.7 Å². The van der Waals surface area contributed by atoms with Crippen LogP contribution in [0.25, 0.3) is 0 Å². The molecule has 1 aromatic heterocycles. The number of carbonyl (C=O) groups is 1. The Hall–Kier alpha value is -1.85. The lowest BCUT2D eigenvalue weighted by atomic mass is 10.1. The van der Waals surface area contributed by atoms with Gasteiger partial charge < -0.3 is 9.80 Å². The number of nitrogens with zero attached hydrogens (tertiary/aromatic N) is 3. The lowest BCUT2D eigenvalue weighted by Gasteiger charge is -2.39. The van der Waals surface area contributed by atoms with Crippen LogP contribution >= 0.6 is 11.3 Å². The maximum atomic E-state index is 13.1. The van der Waals surface area contributed by atoms with Crippen molar-refractivity contribution < 1.29 is 4.79 Å². The van der Waals surface area contributed by atoms with Crippen LogP contribution < -0.4 is 4.90 Å². The lowest BCUT2D eigenvalue weighted by Crippen LogP contribution is -2.54. The Bertz CT molecular complexity index is 710. The molecule has 3 heterocycles. The molecule has 0 saturated carbocycles. The summed E-state index contributed by atoms with van der Waals surface area (Å²) in [6.07, 6.45) is 2.35. The van der Waals surface area contributed by atoms with E-state index in [-0.39, 0.29) is 6.04 Å². The number of rotatable bonds is 4. The van der Waals surface area contributed by atoms with Crippen LogP contribution in [-0.4, -0.2) is 54.5 Å². The van der Waals surface area contributed by atoms with Gasteiger partial charge in [0.2, 0.25) is 5.91 Å². The van der Waals surface area contributed by atoms with Crippen LogP contribution in [0.5, 0.6) is 0 Å². The molecule has 4 nitrogen and oxygen atoms in total. The van der Waals surface area contributed by atoms with Crippen molar-refractivity contribution in [2.24, 2.45) is 0 Å². The van der Waals surface area contributed by atoms with Crippen molar-refractivity contribution in [1.82, 2.24) is 9.80 Å². The standard InChI is InChI=1S/C21H27N3OS/c1-17(24-11-5-9-19(24)20-10-6-16-26-20)21(25)23-14-12-22(13-15-23)18-7-3-2-4-8-18/h2-4,6-8,10,16-17,19H,5,9,11-15H2,1H3/t17-,19+/m0/s1. The van der Waals surface area contributed by atoms with E-state index in [2.05, 4.69) is 63.4 Å². The summed E-state index contributed by atoms with van der Waals surface area (Å²) in [6, 6.07) is 15.2. The van der Waals surface area contributed by atoms with Crippen molar-refractivity contribution in [2.75, 3.05) is 37.6 Å². The average Bonchev–Trinajstić information content (AvgIpc) is 3.39. The van der Waals surface area contributed by atoms with E-state index in [1.165, 1.54) is 23.4 Å². The van der Waals surface area contributed by atoms with E-state index in [4.69, 9.17) is 0 Å². The van der Waals surface area contributed by atoms with Gasteiger partial charge in [0, 0.05) is 42.8 Å². The van der Waals surface area contributed by atoms with E-state index >= 15 is 0 Å². The Labute approximate surface area is 160 Å². The van der Waals surface area contributed by atoms with Gasteiger partial charge in [0.1, 0.15) is 0 Å². The first-order valence-electron chi connectivity index (χ1n) is 9.62. The van der Waals surface area contributed by atoms with E-state index in [9.17, 15) is 4.79 Å². The zero-order valence-corrected chi connectivity index (χ0v) is 16.2. The quantitative estimate of drug-likeness (QED) is 0.823. The Morgan fingerprint density at radius 3 is 2.50 bits per heavy atom. The molecule has 4 rings (SSSR count). The normalized spacial score (nSPS) is 22.6. The van der Waals surface area contributed by atoms with Gasteiger partial charge in [-0.1, -0.05) is 24.3 Å². The van der Waals surface area contributed by atoms with E-state index in [0.717, 1.165) is 32.7 Å². The minimum atomic E-state index is -0.0344. The van der Waals surface area contributed by atoms with Crippen LogP contribution in [0, 0.1) is 0 Å². The van der Waals surface area contributed by atoms with E-state index in [1.54, 1.807) is 0 Å². The third-order valence-corrected chi connectivity index (χ3v) is 6.71. The maximum Gasteiger partial charge on any atom is 0.239 e. The molecule has 2 aliphatic heterocycles. The number of hydrogen-bond acceptors (Lipinski definition) is 4. The highest BCUT2D eigenvalue weighted by Crippen LogP contribution is 2.36. The Balaban J connectivity index is 1.37. The number of amides is 1. The molecule has 2 fully saturated rings. The fraction of sp³-hybridized carbons (Fsp3) is 0.476. The molecule has 2 saturated heterocycles. The predicted octanol–water partition coefficient (Wildman–Crippen LogP) is 3.62. The summed E-state index contributed by atoms with van der Waals surface area (Å²) in [6.45, 7) is 6.58. The van der Waals surface area contributed by atoms with Gasteiger partial charge in [0.25, 0.3) is 0 Å². The molecule has 1 amide bonds. The summed E-state index contributed by atoms with van der Waals surface area (Å²) in [4.78, 5) is 21.4. The number of likely N-dealkylation sites (tertiary alicyclic amines) is 1. The third-order valence-electron chi connectivity index (χ3n) is 5.73. The topological polar surface area (TPSA) is 26.8 Å². The van der Waals surface area contributed by atoms with Crippen LogP contribution in [0.2, 0.25) is 0 Å². The van der Waals surface area contributed by atoms with Gasteiger partial charge in [-0.25, -0.2) is 0 Å². The molecular weight excluding hydrogens is 342 g/mol. The van der Waals surface area contributed by atoms with E-state index in [1.807, 2.05) is 17.4 Å². The molecule has 0 N–H and O–H groups in total. The molecule has 0 aliphatic carbocycles. The fourth-order valence-electron chi connectivity index (χ4n) is 4.27. The fourth-order valence-corrected chi connectivity index (χ4v) is 5.15. The highest BCUT2D eigenvalue weighted by molar-refractivity contribution is 7.10. The lowest BCUT2D eigenvalue weighted by molar-refractivity contribution is -0.137. The van der Waals surface area contributed by atoms with E-state index in [0.29, 0.717) is 11.9 Å². The average molecular weight is 370 g/mol. The van der Waals surface area contributed by atoms with Crippen LogP contribution in [0.3, 0.4) is 0 Å². The summed E-state index contributed by atoms with van der Waals surface area (Å²) in [5.74, 6) is 0.293. The van der Waals surface area contributed by atoms with Gasteiger partial charge in [-0.2, -0.15) is 0 Å². The number of piperazine rings is 1. The molecule has 5 heteroatoms. The summed E-state index contributed by atoms with van der Waals surface area (Å²) < 4.78 is 0. The predicted molar refractivity (Wildman–Crippen MR) is 108 cm³/mol. The summed E-state index contributed by atoms with van der Waals surface area (Å²) in [5, 5.41) is 2.14. The van der Waals surface area contributed by atoms with Crippen molar-refractivity contribution in [1.29, 1.82) is 0 Å². The summed E-state index contributed by atoms with van der Waals surface area (Å²) in [7, 11) is 0. The number of para-hydroxylation sites is 1. The molecule has 0 spiro atoms. The summed E-state index contributed by atoms with van der Waals surface area (Å²) in [5.41, 5.74) is 1.25. The third kappa shape index (κ3) is 3.51. The molecule has 0 unspecified atom stereocenters. The molecule has 2 aliphatic rings. The number of thiophene rings is 1. The maximum absolute atomic E-state index is 13.1. The van der Waals surface area contributed by atoms with Gasteiger partial charge in [-0.05, 0) is 49.9 Å². The SMILES string of the molecule is C[C@@H](C(=O)N1CCN(c2ccccc2)CC1)N1CCC[C@@H]1c1cccs1.